The average Bonchev–Trinajstić information content (AvgIpc) is 2.99. The van der Waals surface area contributed by atoms with Crippen molar-refractivity contribution in [1.82, 2.24) is 0 Å². The van der Waals surface area contributed by atoms with Crippen LogP contribution < -0.4 is 0 Å². The van der Waals surface area contributed by atoms with Gasteiger partial charge < -0.3 is 4.55 Å². The third-order valence-corrected chi connectivity index (χ3v) is 8.68. The lowest BCUT2D eigenvalue weighted by atomic mass is 10.2. The first kappa shape index (κ1) is 22.9. The van der Waals surface area contributed by atoms with Crippen LogP contribution in [0.15, 0.2) is 58.3 Å². The van der Waals surface area contributed by atoms with Gasteiger partial charge in [0.05, 0.1) is 9.79 Å². The fourth-order valence-electron chi connectivity index (χ4n) is 2.53. The lowest BCUT2D eigenvalue weighted by Crippen LogP contribution is -2.23. The Hall–Kier alpha value is -1.39. The zero-order valence-electron chi connectivity index (χ0n) is 16.0. The number of aryl methyl sites for hydroxylation is 2. The van der Waals surface area contributed by atoms with E-state index in [1.807, 2.05) is 13.8 Å². The van der Waals surface area contributed by atoms with E-state index in [9.17, 15) is 21.4 Å². The van der Waals surface area contributed by atoms with Crippen molar-refractivity contribution in [1.29, 1.82) is 0 Å². The second-order valence-electron chi connectivity index (χ2n) is 6.60. The van der Waals surface area contributed by atoms with Gasteiger partial charge >= 0.3 is 10.1 Å². The van der Waals surface area contributed by atoms with Crippen LogP contribution in [0.3, 0.4) is 0 Å². The van der Waals surface area contributed by atoms with E-state index in [0.717, 1.165) is 29.7 Å². The van der Waals surface area contributed by atoms with Gasteiger partial charge in [-0.25, -0.2) is 12.6 Å². The quantitative estimate of drug-likeness (QED) is 0.408. The standard InChI is InChI=1S/C12H17O3S2.C7H8O3S/c1-10-5-7-11(8-6-10)17(13,14)15-12-4-3-9-16(12)2;1-6-2-4-7(5-3-6)11(8,9)10/h5-8,12H,3-4,9H2,1-2H3;2-5H,1H3,(H,8,9,10)/q+1;/p-1. The molecule has 2 aromatic rings. The van der Waals surface area contributed by atoms with E-state index in [1.54, 1.807) is 36.4 Å². The van der Waals surface area contributed by atoms with Crippen molar-refractivity contribution >= 4 is 31.1 Å². The third-order valence-electron chi connectivity index (χ3n) is 4.21. The molecule has 28 heavy (non-hydrogen) atoms. The normalized spacial score (nSPS) is 19.7. The van der Waals surface area contributed by atoms with Gasteiger partial charge in [-0.2, -0.15) is 8.42 Å². The zero-order chi connectivity index (χ0) is 20.9. The van der Waals surface area contributed by atoms with Gasteiger partial charge in [-0.15, -0.1) is 0 Å². The van der Waals surface area contributed by atoms with Crippen LogP contribution in [-0.2, 0) is 35.3 Å². The van der Waals surface area contributed by atoms with E-state index in [4.69, 9.17) is 4.18 Å². The van der Waals surface area contributed by atoms with Crippen LogP contribution in [0, 0.1) is 13.8 Å². The van der Waals surface area contributed by atoms with Gasteiger partial charge in [0.2, 0.25) is 5.44 Å². The molecule has 0 aromatic heterocycles. The molecule has 0 spiro atoms. The predicted molar refractivity (Wildman–Crippen MR) is 110 cm³/mol. The molecule has 1 aliphatic rings. The predicted octanol–water partition coefficient (Wildman–Crippen LogP) is 2.97. The summed E-state index contributed by atoms with van der Waals surface area (Å²) >= 11 is 0. The van der Waals surface area contributed by atoms with Gasteiger partial charge in [0.1, 0.15) is 22.1 Å². The molecule has 0 radical (unpaired) electrons. The summed E-state index contributed by atoms with van der Waals surface area (Å²) in [5.74, 6) is 1.08. The molecule has 0 amide bonds. The molecule has 2 atom stereocenters. The molecule has 2 unspecified atom stereocenters. The number of rotatable bonds is 4. The summed E-state index contributed by atoms with van der Waals surface area (Å²) in [6.07, 6.45) is 3.99. The first-order valence-electron chi connectivity index (χ1n) is 8.63. The second-order valence-corrected chi connectivity index (χ2v) is 11.9. The van der Waals surface area contributed by atoms with Gasteiger partial charge in [0, 0.05) is 17.3 Å². The van der Waals surface area contributed by atoms with E-state index < -0.39 is 20.2 Å². The van der Waals surface area contributed by atoms with Crippen LogP contribution in [0.1, 0.15) is 24.0 Å². The Kier molecular flexibility index (Phi) is 7.69. The molecule has 1 aliphatic heterocycles. The molecule has 9 heteroatoms. The van der Waals surface area contributed by atoms with Crippen LogP contribution >= 0.6 is 0 Å². The van der Waals surface area contributed by atoms with E-state index in [0.29, 0.717) is 0 Å². The minimum Gasteiger partial charge on any atom is -0.744 e. The Balaban J connectivity index is 0.000000221. The van der Waals surface area contributed by atoms with Crippen molar-refractivity contribution in [3.8, 4) is 0 Å². The molecule has 1 saturated heterocycles. The van der Waals surface area contributed by atoms with Gasteiger partial charge in [-0.1, -0.05) is 35.4 Å². The smallest absolute Gasteiger partial charge is 0.301 e. The highest BCUT2D eigenvalue weighted by Gasteiger charge is 2.37. The summed E-state index contributed by atoms with van der Waals surface area (Å²) in [5, 5.41) is 0. The topological polar surface area (TPSA) is 101 Å². The maximum absolute atomic E-state index is 12.0. The summed E-state index contributed by atoms with van der Waals surface area (Å²) < 4.78 is 60.5. The molecule has 6 nitrogen and oxygen atoms in total. The summed E-state index contributed by atoms with van der Waals surface area (Å²) in [5.41, 5.74) is 1.85. The summed E-state index contributed by atoms with van der Waals surface area (Å²) in [7, 11) is -7.79. The summed E-state index contributed by atoms with van der Waals surface area (Å²) in [6, 6.07) is 12.6. The fraction of sp³-hybridized carbons (Fsp3) is 0.368. The summed E-state index contributed by atoms with van der Waals surface area (Å²) in [6.45, 7) is 3.75. The average molecular weight is 445 g/mol. The van der Waals surface area contributed by atoms with Crippen LogP contribution in [-0.4, -0.2) is 38.8 Å². The third kappa shape index (κ3) is 6.59. The highest BCUT2D eigenvalue weighted by atomic mass is 32.2. The van der Waals surface area contributed by atoms with E-state index in [1.165, 1.54) is 12.1 Å². The maximum atomic E-state index is 12.0. The van der Waals surface area contributed by atoms with Crippen molar-refractivity contribution in [2.24, 2.45) is 0 Å². The Morgan fingerprint density at radius 1 is 0.893 bits per heavy atom. The maximum Gasteiger partial charge on any atom is 0.301 e. The molecular weight excluding hydrogens is 420 g/mol. The Labute approximate surface area is 170 Å². The van der Waals surface area contributed by atoms with Crippen molar-refractivity contribution in [3.05, 3.63) is 59.7 Å². The van der Waals surface area contributed by atoms with Crippen molar-refractivity contribution in [2.45, 2.75) is 41.9 Å². The highest BCUT2D eigenvalue weighted by Crippen LogP contribution is 2.25. The molecule has 154 valence electrons. The minimum absolute atomic E-state index is 0.0633. The van der Waals surface area contributed by atoms with Gasteiger partial charge in [0.25, 0.3) is 0 Å². The van der Waals surface area contributed by atoms with E-state index in [-0.39, 0.29) is 26.1 Å². The number of benzene rings is 2. The Morgan fingerprint density at radius 2 is 1.36 bits per heavy atom. The number of hydrogen-bond donors (Lipinski definition) is 0. The van der Waals surface area contributed by atoms with Gasteiger partial charge in [0.15, 0.2) is 0 Å². The fourth-order valence-corrected chi connectivity index (χ4v) is 6.26. The molecule has 0 aliphatic carbocycles. The summed E-state index contributed by atoms with van der Waals surface area (Å²) in [4.78, 5) is 0.0788. The van der Waals surface area contributed by atoms with Crippen LogP contribution in [0.2, 0.25) is 0 Å². The first-order chi connectivity index (χ1) is 13.0. The number of hydrogen-bond acceptors (Lipinski definition) is 6. The Bertz CT molecular complexity index is 981. The molecule has 1 heterocycles. The molecule has 0 saturated carbocycles. The SMILES string of the molecule is Cc1ccc(S(=O)(=O)OC2CCC[S+]2C)cc1.Cc1ccc(S(=O)(=O)[O-])cc1. The van der Waals surface area contributed by atoms with Gasteiger partial charge in [-0.3, -0.25) is 0 Å². The molecule has 2 aromatic carbocycles. The van der Waals surface area contributed by atoms with Crippen molar-refractivity contribution in [2.75, 3.05) is 12.0 Å². The monoisotopic (exact) mass is 444 g/mol. The minimum atomic E-state index is -4.27. The van der Waals surface area contributed by atoms with E-state index in [2.05, 4.69) is 6.26 Å². The van der Waals surface area contributed by atoms with Crippen LogP contribution in [0.25, 0.3) is 0 Å². The largest absolute Gasteiger partial charge is 0.744 e. The molecule has 0 bridgehead atoms. The van der Waals surface area contributed by atoms with E-state index >= 15 is 0 Å². The molecule has 3 rings (SSSR count). The molecule has 1 fully saturated rings. The zero-order valence-corrected chi connectivity index (χ0v) is 18.4. The molecular formula is C19H24O6S3. The van der Waals surface area contributed by atoms with Crippen LogP contribution in [0.5, 0.6) is 0 Å². The van der Waals surface area contributed by atoms with Crippen molar-refractivity contribution < 1.29 is 25.6 Å². The lowest BCUT2D eigenvalue weighted by Gasteiger charge is -2.10. The Morgan fingerprint density at radius 3 is 1.75 bits per heavy atom. The molecule has 0 N–H and O–H groups in total. The van der Waals surface area contributed by atoms with Crippen LogP contribution in [0.4, 0.5) is 0 Å². The highest BCUT2D eigenvalue weighted by molar-refractivity contribution is 7.97. The van der Waals surface area contributed by atoms with Gasteiger partial charge in [-0.05, 0) is 44.5 Å². The second kappa shape index (κ2) is 9.41. The van der Waals surface area contributed by atoms with Crippen molar-refractivity contribution in [3.63, 3.8) is 0 Å². The first-order valence-corrected chi connectivity index (χ1v) is 13.3. The lowest BCUT2D eigenvalue weighted by molar-refractivity contribution is 0.286.